The molecule has 124 valence electrons. The molecule has 4 heteroatoms. The summed E-state index contributed by atoms with van der Waals surface area (Å²) in [5, 5.41) is 3.19. The topological polar surface area (TPSA) is 55.1 Å². The molecule has 3 N–H and O–H groups in total. The smallest absolute Gasteiger partial charge is 0.221 e. The minimum Gasteiger partial charge on any atom is -0.349 e. The minimum absolute atomic E-state index is 0. The summed E-state index contributed by atoms with van der Waals surface area (Å²) < 4.78 is 0. The van der Waals surface area contributed by atoms with Crippen LogP contribution in [-0.4, -0.2) is 18.0 Å². The summed E-state index contributed by atoms with van der Waals surface area (Å²) in [6.45, 7) is 4.69. The first kappa shape index (κ1) is 19.0. The molecular weight excluding hydrogens is 296 g/mol. The normalized spacial score (nSPS) is 17.3. The number of nitrogens with two attached hydrogens (primary N) is 1. The van der Waals surface area contributed by atoms with Crippen LogP contribution in [0.4, 0.5) is 0 Å². The van der Waals surface area contributed by atoms with E-state index in [4.69, 9.17) is 5.73 Å². The van der Waals surface area contributed by atoms with Gasteiger partial charge in [0.15, 0.2) is 0 Å². The highest BCUT2D eigenvalue weighted by Crippen LogP contribution is 2.33. The molecule has 0 aliphatic heterocycles. The predicted molar refractivity (Wildman–Crippen MR) is 94.5 cm³/mol. The van der Waals surface area contributed by atoms with Gasteiger partial charge in [-0.25, -0.2) is 0 Å². The number of rotatable bonds is 6. The summed E-state index contributed by atoms with van der Waals surface area (Å²) in [6.07, 6.45) is 5.78. The van der Waals surface area contributed by atoms with Crippen LogP contribution in [0.1, 0.15) is 63.0 Å². The predicted octanol–water partition coefficient (Wildman–Crippen LogP) is 3.55. The van der Waals surface area contributed by atoms with Crippen molar-refractivity contribution in [2.24, 2.45) is 5.73 Å². The fourth-order valence-corrected chi connectivity index (χ4v) is 3.40. The third kappa shape index (κ3) is 4.23. The summed E-state index contributed by atoms with van der Waals surface area (Å²) in [5.41, 5.74) is 8.42. The van der Waals surface area contributed by atoms with Crippen molar-refractivity contribution in [3.63, 3.8) is 0 Å². The molecule has 0 radical (unpaired) electrons. The van der Waals surface area contributed by atoms with Gasteiger partial charge in [0.2, 0.25) is 5.91 Å². The first-order valence-electron chi connectivity index (χ1n) is 8.23. The SMILES string of the molecule is CCC(CC)(CN)NC(=O)CC1CCCc2ccccc21.Cl. The number of carbonyl (C=O) groups excluding carboxylic acids is 1. The molecule has 0 fully saturated rings. The van der Waals surface area contributed by atoms with Crippen LogP contribution in [0, 0.1) is 0 Å². The van der Waals surface area contributed by atoms with Gasteiger partial charge < -0.3 is 11.1 Å². The van der Waals surface area contributed by atoms with E-state index in [9.17, 15) is 4.79 Å². The number of fused-ring (bicyclic) bond motifs is 1. The maximum absolute atomic E-state index is 12.4. The first-order valence-corrected chi connectivity index (χ1v) is 8.23. The van der Waals surface area contributed by atoms with Crippen LogP contribution in [0.2, 0.25) is 0 Å². The lowest BCUT2D eigenvalue weighted by Crippen LogP contribution is -2.53. The second kappa shape index (κ2) is 8.54. The molecule has 0 bridgehead atoms. The van der Waals surface area contributed by atoms with Gasteiger partial charge in [-0.15, -0.1) is 12.4 Å². The van der Waals surface area contributed by atoms with Crippen LogP contribution in [0.3, 0.4) is 0 Å². The Morgan fingerprint density at radius 1 is 1.32 bits per heavy atom. The molecule has 1 amide bonds. The molecule has 1 atom stereocenters. The quantitative estimate of drug-likeness (QED) is 0.840. The molecule has 0 saturated heterocycles. The van der Waals surface area contributed by atoms with Gasteiger partial charge in [0, 0.05) is 13.0 Å². The van der Waals surface area contributed by atoms with E-state index in [-0.39, 0.29) is 23.9 Å². The molecule has 0 saturated carbocycles. The molecular formula is C18H29ClN2O. The number of hydrogen-bond acceptors (Lipinski definition) is 2. The highest BCUT2D eigenvalue weighted by atomic mass is 35.5. The van der Waals surface area contributed by atoms with Gasteiger partial charge in [-0.3, -0.25) is 4.79 Å². The third-order valence-corrected chi connectivity index (χ3v) is 5.07. The van der Waals surface area contributed by atoms with Crippen LogP contribution in [-0.2, 0) is 11.2 Å². The summed E-state index contributed by atoms with van der Waals surface area (Å²) in [4.78, 5) is 12.4. The number of carbonyl (C=O) groups is 1. The Hall–Kier alpha value is -1.06. The van der Waals surface area contributed by atoms with Crippen molar-refractivity contribution in [1.82, 2.24) is 5.32 Å². The van der Waals surface area contributed by atoms with Gasteiger partial charge in [0.05, 0.1) is 5.54 Å². The number of halogens is 1. The molecule has 1 aliphatic carbocycles. The largest absolute Gasteiger partial charge is 0.349 e. The van der Waals surface area contributed by atoms with Gasteiger partial charge in [0.25, 0.3) is 0 Å². The van der Waals surface area contributed by atoms with Crippen LogP contribution in [0.15, 0.2) is 24.3 Å². The van der Waals surface area contributed by atoms with Crippen molar-refractivity contribution >= 4 is 18.3 Å². The van der Waals surface area contributed by atoms with Crippen molar-refractivity contribution in [3.8, 4) is 0 Å². The van der Waals surface area contributed by atoms with E-state index in [0.29, 0.717) is 18.9 Å². The zero-order chi connectivity index (χ0) is 15.3. The number of aryl methyl sites for hydroxylation is 1. The van der Waals surface area contributed by atoms with E-state index in [2.05, 4.69) is 43.4 Å². The van der Waals surface area contributed by atoms with Crippen molar-refractivity contribution in [3.05, 3.63) is 35.4 Å². The Kier molecular flexibility index (Phi) is 7.37. The standard InChI is InChI=1S/C18H28N2O.ClH/c1-3-18(4-2,13-19)20-17(21)12-15-10-7-9-14-8-5-6-11-16(14)15;/h5-6,8,11,15H,3-4,7,9-10,12-13,19H2,1-2H3,(H,20,21);1H. The van der Waals surface area contributed by atoms with Gasteiger partial charge >= 0.3 is 0 Å². The lowest BCUT2D eigenvalue weighted by Gasteiger charge is -2.33. The molecule has 1 aromatic carbocycles. The molecule has 2 rings (SSSR count). The van der Waals surface area contributed by atoms with E-state index in [1.54, 1.807) is 0 Å². The van der Waals surface area contributed by atoms with Crippen molar-refractivity contribution in [2.45, 2.75) is 63.8 Å². The molecule has 3 nitrogen and oxygen atoms in total. The lowest BCUT2D eigenvalue weighted by atomic mass is 9.80. The maximum Gasteiger partial charge on any atom is 0.221 e. The zero-order valence-corrected chi connectivity index (χ0v) is 14.5. The lowest BCUT2D eigenvalue weighted by molar-refractivity contribution is -0.123. The second-order valence-corrected chi connectivity index (χ2v) is 6.23. The van der Waals surface area contributed by atoms with E-state index in [1.807, 2.05) is 0 Å². The van der Waals surface area contributed by atoms with Crippen LogP contribution in [0.25, 0.3) is 0 Å². The highest BCUT2D eigenvalue weighted by molar-refractivity contribution is 5.85. The first-order chi connectivity index (χ1) is 10.1. The van der Waals surface area contributed by atoms with Gasteiger partial charge in [-0.2, -0.15) is 0 Å². The van der Waals surface area contributed by atoms with E-state index < -0.39 is 0 Å². The zero-order valence-electron chi connectivity index (χ0n) is 13.7. The second-order valence-electron chi connectivity index (χ2n) is 6.23. The Bertz CT molecular complexity index is 477. The third-order valence-electron chi connectivity index (χ3n) is 5.07. The summed E-state index contributed by atoms with van der Waals surface area (Å²) in [7, 11) is 0. The number of benzene rings is 1. The van der Waals surface area contributed by atoms with Crippen LogP contribution < -0.4 is 11.1 Å². The Morgan fingerprint density at radius 3 is 2.64 bits per heavy atom. The van der Waals surface area contributed by atoms with Crippen LogP contribution in [0.5, 0.6) is 0 Å². The summed E-state index contributed by atoms with van der Waals surface area (Å²) in [5.74, 6) is 0.505. The Morgan fingerprint density at radius 2 is 2.00 bits per heavy atom. The molecule has 1 unspecified atom stereocenters. The number of amides is 1. The summed E-state index contributed by atoms with van der Waals surface area (Å²) >= 11 is 0. The summed E-state index contributed by atoms with van der Waals surface area (Å²) in [6, 6.07) is 8.55. The highest BCUT2D eigenvalue weighted by Gasteiger charge is 2.28. The molecule has 1 aromatic rings. The minimum atomic E-state index is -0.231. The maximum atomic E-state index is 12.4. The molecule has 0 heterocycles. The average Bonchev–Trinajstić information content (AvgIpc) is 2.53. The van der Waals surface area contributed by atoms with Crippen LogP contribution >= 0.6 is 12.4 Å². The Labute approximate surface area is 140 Å². The van der Waals surface area contributed by atoms with Crippen molar-refractivity contribution in [2.75, 3.05) is 6.54 Å². The number of nitrogens with one attached hydrogen (secondary N) is 1. The average molecular weight is 325 g/mol. The van der Waals surface area contributed by atoms with E-state index >= 15 is 0 Å². The number of hydrogen-bond donors (Lipinski definition) is 2. The molecule has 0 aromatic heterocycles. The van der Waals surface area contributed by atoms with Gasteiger partial charge in [-0.1, -0.05) is 38.1 Å². The van der Waals surface area contributed by atoms with Crippen molar-refractivity contribution < 1.29 is 4.79 Å². The Balaban J connectivity index is 0.00000242. The fraction of sp³-hybridized carbons (Fsp3) is 0.611. The molecule has 22 heavy (non-hydrogen) atoms. The monoisotopic (exact) mass is 324 g/mol. The van der Waals surface area contributed by atoms with E-state index in [1.165, 1.54) is 17.5 Å². The molecule has 0 spiro atoms. The fourth-order valence-electron chi connectivity index (χ4n) is 3.40. The molecule has 1 aliphatic rings. The van der Waals surface area contributed by atoms with Crippen molar-refractivity contribution in [1.29, 1.82) is 0 Å². The van der Waals surface area contributed by atoms with Gasteiger partial charge in [-0.05, 0) is 49.1 Å². The van der Waals surface area contributed by atoms with Gasteiger partial charge in [0.1, 0.15) is 0 Å². The van der Waals surface area contributed by atoms with E-state index in [0.717, 1.165) is 25.7 Å².